The first-order chi connectivity index (χ1) is 9.50. The summed E-state index contributed by atoms with van der Waals surface area (Å²) in [5, 5.41) is 8.89. The van der Waals surface area contributed by atoms with E-state index in [1.807, 2.05) is 0 Å². The number of carboxylic acid groups (broad SMARTS) is 1. The average molecular weight is 279 g/mol. The summed E-state index contributed by atoms with van der Waals surface area (Å²) < 4.78 is 10.9. The van der Waals surface area contributed by atoms with E-state index >= 15 is 0 Å². The number of para-hydroxylation sites is 1. The Hall–Kier alpha value is -2.24. The first kappa shape index (κ1) is 14.2. The van der Waals surface area contributed by atoms with E-state index in [-0.39, 0.29) is 12.5 Å². The van der Waals surface area contributed by atoms with Crippen LogP contribution in [0.15, 0.2) is 18.2 Å². The topological polar surface area (TPSA) is 76.1 Å². The third kappa shape index (κ3) is 2.84. The highest BCUT2D eigenvalue weighted by Crippen LogP contribution is 2.34. The number of rotatable bonds is 4. The Morgan fingerprint density at radius 2 is 2.05 bits per heavy atom. The van der Waals surface area contributed by atoms with E-state index in [0.29, 0.717) is 30.3 Å². The van der Waals surface area contributed by atoms with Crippen molar-refractivity contribution in [2.45, 2.75) is 6.92 Å². The Morgan fingerprint density at radius 3 is 2.75 bits per heavy atom. The highest BCUT2D eigenvalue weighted by molar-refractivity contribution is 5.97. The molecule has 1 aromatic carbocycles. The van der Waals surface area contributed by atoms with Crippen molar-refractivity contribution >= 4 is 11.9 Å². The van der Waals surface area contributed by atoms with E-state index in [1.165, 1.54) is 4.90 Å². The van der Waals surface area contributed by atoms with Crippen LogP contribution in [0.1, 0.15) is 17.3 Å². The minimum absolute atomic E-state index is 0.138. The van der Waals surface area contributed by atoms with Gasteiger partial charge in [0.2, 0.25) is 0 Å². The number of hydrogen-bond acceptors (Lipinski definition) is 4. The average Bonchev–Trinajstić information content (AvgIpc) is 2.45. The van der Waals surface area contributed by atoms with Crippen molar-refractivity contribution in [3.8, 4) is 11.5 Å². The van der Waals surface area contributed by atoms with Gasteiger partial charge in [0.1, 0.15) is 13.2 Å². The van der Waals surface area contributed by atoms with Crippen molar-refractivity contribution in [2.75, 3.05) is 26.8 Å². The van der Waals surface area contributed by atoms with Crippen LogP contribution in [0.5, 0.6) is 11.5 Å². The molecule has 108 valence electrons. The summed E-state index contributed by atoms with van der Waals surface area (Å²) in [7, 11) is 1.57. The maximum Gasteiger partial charge on any atom is 0.308 e. The summed E-state index contributed by atoms with van der Waals surface area (Å²) in [6.45, 7) is 2.55. The molecule has 6 nitrogen and oxygen atoms in total. The zero-order chi connectivity index (χ0) is 14.7. The Kier molecular flexibility index (Phi) is 4.12. The van der Waals surface area contributed by atoms with Crippen LogP contribution in [0.25, 0.3) is 0 Å². The van der Waals surface area contributed by atoms with Crippen LogP contribution in [-0.2, 0) is 4.79 Å². The van der Waals surface area contributed by atoms with Gasteiger partial charge in [0, 0.05) is 13.6 Å². The lowest BCUT2D eigenvalue weighted by atomic mass is 10.1. The molecule has 6 heteroatoms. The molecule has 2 rings (SSSR count). The van der Waals surface area contributed by atoms with Crippen molar-refractivity contribution < 1.29 is 24.2 Å². The van der Waals surface area contributed by atoms with Gasteiger partial charge in [0.15, 0.2) is 11.5 Å². The van der Waals surface area contributed by atoms with Crippen molar-refractivity contribution in [3.05, 3.63) is 23.8 Å². The second-order valence-corrected chi connectivity index (χ2v) is 4.75. The molecule has 1 unspecified atom stereocenters. The van der Waals surface area contributed by atoms with Crippen molar-refractivity contribution in [1.29, 1.82) is 0 Å². The molecule has 0 saturated carbocycles. The van der Waals surface area contributed by atoms with Crippen molar-refractivity contribution in [3.63, 3.8) is 0 Å². The fraction of sp³-hybridized carbons (Fsp3) is 0.429. The molecule has 1 N–H and O–H groups in total. The summed E-state index contributed by atoms with van der Waals surface area (Å²) in [4.78, 5) is 24.6. The molecule has 0 spiro atoms. The van der Waals surface area contributed by atoms with Crippen LogP contribution < -0.4 is 9.47 Å². The number of carbonyl (C=O) groups excluding carboxylic acids is 1. The Bertz CT molecular complexity index is 528. The van der Waals surface area contributed by atoms with Crippen molar-refractivity contribution in [2.24, 2.45) is 5.92 Å². The van der Waals surface area contributed by atoms with Gasteiger partial charge in [-0.15, -0.1) is 0 Å². The summed E-state index contributed by atoms with van der Waals surface area (Å²) in [6, 6.07) is 5.11. The highest BCUT2D eigenvalue weighted by atomic mass is 16.6. The number of fused-ring (bicyclic) bond motifs is 1. The van der Waals surface area contributed by atoms with Crippen LogP contribution in [0, 0.1) is 5.92 Å². The molecule has 0 saturated heterocycles. The molecule has 1 atom stereocenters. The minimum atomic E-state index is -0.931. The maximum atomic E-state index is 12.4. The monoisotopic (exact) mass is 279 g/mol. The van der Waals surface area contributed by atoms with Crippen molar-refractivity contribution in [1.82, 2.24) is 4.90 Å². The largest absolute Gasteiger partial charge is 0.486 e. The second-order valence-electron chi connectivity index (χ2n) is 4.75. The quantitative estimate of drug-likeness (QED) is 0.897. The molecule has 0 aliphatic carbocycles. The van der Waals surface area contributed by atoms with E-state index in [2.05, 4.69) is 0 Å². The minimum Gasteiger partial charge on any atom is -0.486 e. The zero-order valence-corrected chi connectivity index (χ0v) is 11.5. The van der Waals surface area contributed by atoms with Gasteiger partial charge >= 0.3 is 5.97 Å². The van der Waals surface area contributed by atoms with Gasteiger partial charge in [-0.05, 0) is 12.1 Å². The number of aliphatic carboxylic acids is 1. The van der Waals surface area contributed by atoms with Crippen LogP contribution in [0.3, 0.4) is 0 Å². The summed E-state index contributed by atoms with van der Waals surface area (Å²) in [5.74, 6) is -0.860. The fourth-order valence-corrected chi connectivity index (χ4v) is 2.02. The fourth-order valence-electron chi connectivity index (χ4n) is 2.02. The standard InChI is InChI=1S/C14H17NO5/c1-9(14(17)18)8-15(2)13(16)10-4-3-5-11-12(10)20-7-6-19-11/h3-5,9H,6-8H2,1-2H3,(H,17,18). The number of carboxylic acids is 1. The van der Waals surface area contributed by atoms with Gasteiger partial charge in [-0.3, -0.25) is 9.59 Å². The van der Waals surface area contributed by atoms with E-state index in [4.69, 9.17) is 14.6 Å². The Labute approximate surface area is 116 Å². The first-order valence-electron chi connectivity index (χ1n) is 6.37. The maximum absolute atomic E-state index is 12.4. The van der Waals surface area contributed by atoms with Gasteiger partial charge < -0.3 is 19.5 Å². The molecule has 0 radical (unpaired) electrons. The molecule has 0 fully saturated rings. The molecule has 1 amide bonds. The number of amides is 1. The zero-order valence-electron chi connectivity index (χ0n) is 11.5. The van der Waals surface area contributed by atoms with Crippen LogP contribution >= 0.6 is 0 Å². The number of nitrogens with zero attached hydrogens (tertiary/aromatic N) is 1. The van der Waals surface area contributed by atoms with E-state index in [9.17, 15) is 9.59 Å². The molecule has 1 aromatic rings. The van der Waals surface area contributed by atoms with Gasteiger partial charge in [-0.2, -0.15) is 0 Å². The SMILES string of the molecule is CC(CN(C)C(=O)c1cccc2c1OCCO2)C(=O)O. The van der Waals surface area contributed by atoms with E-state index < -0.39 is 11.9 Å². The van der Waals surface area contributed by atoms with E-state index in [0.717, 1.165) is 0 Å². The number of ether oxygens (including phenoxy) is 2. The Morgan fingerprint density at radius 1 is 1.35 bits per heavy atom. The number of hydrogen-bond donors (Lipinski definition) is 1. The molecule has 0 bridgehead atoms. The summed E-state index contributed by atoms with van der Waals surface area (Å²) >= 11 is 0. The van der Waals surface area contributed by atoms with Crippen LogP contribution in [-0.4, -0.2) is 48.7 Å². The number of benzene rings is 1. The lowest BCUT2D eigenvalue weighted by Crippen LogP contribution is -2.34. The molecule has 1 aliphatic rings. The van der Waals surface area contributed by atoms with Gasteiger partial charge in [-0.1, -0.05) is 13.0 Å². The van der Waals surface area contributed by atoms with Crippen LogP contribution in [0.2, 0.25) is 0 Å². The Balaban J connectivity index is 2.19. The van der Waals surface area contributed by atoms with Gasteiger partial charge in [0.05, 0.1) is 11.5 Å². The molecule has 1 heterocycles. The smallest absolute Gasteiger partial charge is 0.308 e. The van der Waals surface area contributed by atoms with Crippen LogP contribution in [0.4, 0.5) is 0 Å². The lowest BCUT2D eigenvalue weighted by Gasteiger charge is -2.24. The molecular formula is C14H17NO5. The highest BCUT2D eigenvalue weighted by Gasteiger charge is 2.24. The molecule has 1 aliphatic heterocycles. The van der Waals surface area contributed by atoms with E-state index in [1.54, 1.807) is 32.2 Å². The molecule has 0 aromatic heterocycles. The third-order valence-corrected chi connectivity index (χ3v) is 3.11. The number of carbonyl (C=O) groups is 2. The normalized spacial score (nSPS) is 14.5. The molecule has 20 heavy (non-hydrogen) atoms. The lowest BCUT2D eigenvalue weighted by molar-refractivity contribution is -0.141. The predicted octanol–water partition coefficient (Wildman–Crippen LogP) is 1.25. The van der Waals surface area contributed by atoms with Gasteiger partial charge in [0.25, 0.3) is 5.91 Å². The molecular weight excluding hydrogens is 262 g/mol. The third-order valence-electron chi connectivity index (χ3n) is 3.11. The van der Waals surface area contributed by atoms with Gasteiger partial charge in [-0.25, -0.2) is 0 Å². The second kappa shape index (κ2) is 5.81. The summed E-state index contributed by atoms with van der Waals surface area (Å²) in [6.07, 6.45) is 0. The summed E-state index contributed by atoms with van der Waals surface area (Å²) in [5.41, 5.74) is 0.391. The predicted molar refractivity (Wildman–Crippen MR) is 71.2 cm³/mol. The first-order valence-corrected chi connectivity index (χ1v) is 6.37.